The number of fused-ring (bicyclic) bond motifs is 3. The first-order chi connectivity index (χ1) is 19.7. The smallest absolute Gasteiger partial charge is 0.248 e. The molecule has 2 aromatic heterocycles. The number of aryl methyl sites for hydroxylation is 2. The fraction of sp³-hybridized carbons (Fsp3) is 0.258. The monoisotopic (exact) mass is 474 g/mol. The normalized spacial score (nSPS) is 20.8. The summed E-state index contributed by atoms with van der Waals surface area (Å²) in [5, 5.41) is 1.77. The van der Waals surface area contributed by atoms with E-state index < -0.39 is 38.4 Å². The summed E-state index contributed by atoms with van der Waals surface area (Å²) >= 11 is 0. The van der Waals surface area contributed by atoms with Crippen LogP contribution >= 0.6 is 0 Å². The minimum atomic E-state index is -2.85. The number of aromatic nitrogens is 1. The van der Waals surface area contributed by atoms with E-state index in [9.17, 15) is 8.78 Å². The molecule has 0 bridgehead atoms. The molecule has 1 aliphatic rings. The van der Waals surface area contributed by atoms with E-state index in [1.165, 1.54) is 18.3 Å². The number of para-hydroxylation sites is 2. The van der Waals surface area contributed by atoms with Crippen molar-refractivity contribution in [1.29, 1.82) is 0 Å². The Morgan fingerprint density at radius 1 is 0.886 bits per heavy atom. The van der Waals surface area contributed by atoms with Crippen molar-refractivity contribution in [1.82, 2.24) is 4.98 Å². The molecular weight excluding hydrogens is 440 g/mol. The van der Waals surface area contributed by atoms with Gasteiger partial charge in [0.15, 0.2) is 0 Å². The summed E-state index contributed by atoms with van der Waals surface area (Å²) in [6.07, 6.45) is 0.116. The zero-order valence-corrected chi connectivity index (χ0v) is 18.9. The van der Waals surface area contributed by atoms with Crippen molar-refractivity contribution >= 4 is 21.9 Å². The summed E-state index contributed by atoms with van der Waals surface area (Å²) in [7, 11) is 0. The highest BCUT2D eigenvalue weighted by Crippen LogP contribution is 2.42. The summed E-state index contributed by atoms with van der Waals surface area (Å²) in [6.45, 7) is -5.28. The van der Waals surface area contributed by atoms with Crippen LogP contribution in [0.15, 0.2) is 77.3 Å². The third-order valence-electron chi connectivity index (χ3n) is 6.89. The van der Waals surface area contributed by atoms with Crippen LogP contribution in [0.2, 0.25) is 0 Å². The average molecular weight is 475 g/mol. The fourth-order valence-corrected chi connectivity index (χ4v) is 4.98. The second-order valence-electron chi connectivity index (χ2n) is 9.12. The number of halogens is 2. The lowest BCUT2D eigenvalue weighted by atomic mass is 9.81. The molecule has 4 heteroatoms. The number of alkyl halides is 2. The van der Waals surface area contributed by atoms with E-state index in [0.717, 1.165) is 10.8 Å². The van der Waals surface area contributed by atoms with Gasteiger partial charge in [0.2, 0.25) is 5.92 Å². The lowest BCUT2D eigenvalue weighted by Crippen LogP contribution is -2.23. The van der Waals surface area contributed by atoms with Gasteiger partial charge in [0.1, 0.15) is 11.2 Å². The largest absolute Gasteiger partial charge is 0.455 e. The topological polar surface area (TPSA) is 26.0 Å². The molecule has 0 aliphatic heterocycles. The van der Waals surface area contributed by atoms with Crippen LogP contribution in [0, 0.1) is 13.7 Å². The number of furan rings is 1. The Morgan fingerprint density at radius 2 is 1.69 bits per heavy atom. The lowest BCUT2D eigenvalue weighted by molar-refractivity contribution is -0.0382. The SMILES string of the molecule is [2H]C([2H])([2H])c1cnc(-c2cccc3c2oc2ccccc23)cc1-c1ccc(C2([2H])CCC(F)(F)CC2)cc1C([2H])([2H])[2H]. The van der Waals surface area contributed by atoms with Gasteiger partial charge in [0, 0.05) is 45.0 Å². The molecule has 0 saturated heterocycles. The van der Waals surface area contributed by atoms with Crippen molar-refractivity contribution in [3.05, 3.63) is 89.6 Å². The Hall–Kier alpha value is -3.53. The standard InChI is InChI=1S/C31H27F2NO/c1-19-16-22(21-12-14-31(32,33)15-13-21)10-11-23(19)27-17-28(34-18-20(27)2)26-8-5-7-25-24-6-3-4-9-29(24)35-30(25)26/h3-11,16-18,21H,12-15H2,1-2H3/i1D3,2D3,21D. The van der Waals surface area contributed by atoms with Gasteiger partial charge in [0.25, 0.3) is 0 Å². The Balaban J connectivity index is 1.54. The van der Waals surface area contributed by atoms with Gasteiger partial charge < -0.3 is 4.42 Å². The molecule has 1 aliphatic carbocycles. The summed E-state index contributed by atoms with van der Waals surface area (Å²) < 4.78 is 92.2. The molecule has 0 N–H and O–H groups in total. The van der Waals surface area contributed by atoms with E-state index in [1.54, 1.807) is 12.1 Å². The van der Waals surface area contributed by atoms with Crippen LogP contribution in [-0.4, -0.2) is 10.9 Å². The van der Waals surface area contributed by atoms with Crippen molar-refractivity contribution in [3.63, 3.8) is 0 Å². The second-order valence-corrected chi connectivity index (χ2v) is 9.12. The van der Waals surface area contributed by atoms with Crippen LogP contribution in [-0.2, 0) is 0 Å². The Labute approximate surface area is 213 Å². The maximum atomic E-state index is 13.9. The molecule has 176 valence electrons. The Morgan fingerprint density at radius 3 is 2.51 bits per heavy atom. The van der Waals surface area contributed by atoms with E-state index in [1.807, 2.05) is 42.5 Å². The van der Waals surface area contributed by atoms with Crippen molar-refractivity contribution in [2.45, 2.75) is 51.2 Å². The zero-order chi connectivity index (χ0) is 30.1. The van der Waals surface area contributed by atoms with Crippen LogP contribution in [0.4, 0.5) is 8.78 Å². The molecule has 0 atom stereocenters. The maximum absolute atomic E-state index is 13.9. The molecule has 1 saturated carbocycles. The van der Waals surface area contributed by atoms with Gasteiger partial charge in [-0.3, -0.25) is 4.98 Å². The molecule has 6 rings (SSSR count). The van der Waals surface area contributed by atoms with Crippen LogP contribution in [0.25, 0.3) is 44.3 Å². The number of benzene rings is 3. The van der Waals surface area contributed by atoms with E-state index in [-0.39, 0.29) is 35.1 Å². The summed E-state index contributed by atoms with van der Waals surface area (Å²) in [4.78, 5) is 4.47. The maximum Gasteiger partial charge on any atom is 0.248 e. The quantitative estimate of drug-likeness (QED) is 0.260. The predicted octanol–water partition coefficient (Wildman–Crippen LogP) is 9.22. The molecule has 0 amide bonds. The molecule has 0 unspecified atom stereocenters. The van der Waals surface area contributed by atoms with E-state index in [4.69, 9.17) is 14.0 Å². The first-order valence-electron chi connectivity index (χ1n) is 15.1. The highest BCUT2D eigenvalue weighted by molar-refractivity contribution is 6.09. The van der Waals surface area contributed by atoms with Crippen LogP contribution in [0.3, 0.4) is 0 Å². The average Bonchev–Trinajstić information content (AvgIpc) is 3.32. The first kappa shape index (κ1) is 15.5. The number of hydrogen-bond acceptors (Lipinski definition) is 2. The van der Waals surface area contributed by atoms with E-state index in [0.29, 0.717) is 28.0 Å². The molecule has 3 aromatic carbocycles. The Kier molecular flexibility index (Phi) is 3.67. The van der Waals surface area contributed by atoms with Gasteiger partial charge in [-0.05, 0) is 78.5 Å². The van der Waals surface area contributed by atoms with Gasteiger partial charge in [-0.15, -0.1) is 0 Å². The number of nitrogens with zero attached hydrogens (tertiary/aromatic N) is 1. The lowest BCUT2D eigenvalue weighted by Gasteiger charge is -2.29. The van der Waals surface area contributed by atoms with Crippen molar-refractivity contribution in [2.75, 3.05) is 0 Å². The van der Waals surface area contributed by atoms with E-state index in [2.05, 4.69) is 4.98 Å². The van der Waals surface area contributed by atoms with Gasteiger partial charge in [-0.25, -0.2) is 8.78 Å². The molecule has 5 aromatic rings. The van der Waals surface area contributed by atoms with Gasteiger partial charge in [0.05, 0.1) is 5.69 Å². The Bertz CT molecular complexity index is 1810. The van der Waals surface area contributed by atoms with Gasteiger partial charge >= 0.3 is 0 Å². The first-order valence-corrected chi connectivity index (χ1v) is 11.6. The molecule has 1 fully saturated rings. The fourth-order valence-electron chi connectivity index (χ4n) is 4.98. The predicted molar refractivity (Wildman–Crippen MR) is 138 cm³/mol. The molecule has 2 nitrogen and oxygen atoms in total. The minimum absolute atomic E-state index is 0.110. The minimum Gasteiger partial charge on any atom is -0.455 e. The van der Waals surface area contributed by atoms with Crippen LogP contribution < -0.4 is 0 Å². The summed E-state index contributed by atoms with van der Waals surface area (Å²) in [5.74, 6) is -4.21. The van der Waals surface area contributed by atoms with Crippen LogP contribution in [0.5, 0.6) is 0 Å². The molecule has 0 spiro atoms. The van der Waals surface area contributed by atoms with Crippen molar-refractivity contribution in [3.8, 4) is 22.4 Å². The highest BCUT2D eigenvalue weighted by atomic mass is 19.3. The number of rotatable bonds is 3. The second kappa shape index (κ2) is 8.30. The zero-order valence-electron chi connectivity index (χ0n) is 25.9. The number of hydrogen-bond donors (Lipinski definition) is 0. The van der Waals surface area contributed by atoms with Gasteiger partial charge in [-0.2, -0.15) is 0 Å². The van der Waals surface area contributed by atoms with Gasteiger partial charge in [-0.1, -0.05) is 48.5 Å². The summed E-state index contributed by atoms with van der Waals surface area (Å²) in [5.41, 5.74) is 2.64. The molecule has 2 heterocycles. The molecule has 35 heavy (non-hydrogen) atoms. The highest BCUT2D eigenvalue weighted by Gasteiger charge is 2.35. The van der Waals surface area contributed by atoms with Crippen molar-refractivity contribution in [2.24, 2.45) is 0 Å². The molecular formula is C31H27F2NO. The molecule has 0 radical (unpaired) electrons. The van der Waals surface area contributed by atoms with Crippen molar-refractivity contribution < 1.29 is 22.8 Å². The number of pyridine rings is 1. The third kappa shape index (κ3) is 3.91. The summed E-state index contributed by atoms with van der Waals surface area (Å²) in [6, 6.07) is 19.1. The van der Waals surface area contributed by atoms with E-state index >= 15 is 0 Å². The third-order valence-corrected chi connectivity index (χ3v) is 6.89. The van der Waals surface area contributed by atoms with Crippen LogP contribution in [0.1, 0.15) is 57.9 Å².